The molecule has 1 aliphatic rings. The van der Waals surface area contributed by atoms with E-state index < -0.39 is 26.1 Å². The first-order chi connectivity index (χ1) is 11.6. The van der Waals surface area contributed by atoms with Gasteiger partial charge in [-0.1, -0.05) is 11.6 Å². The van der Waals surface area contributed by atoms with Gasteiger partial charge in [0.15, 0.2) is 0 Å². The van der Waals surface area contributed by atoms with Gasteiger partial charge in [0.1, 0.15) is 17.3 Å². The summed E-state index contributed by atoms with van der Waals surface area (Å²) in [6.07, 6.45) is 1.07. The Morgan fingerprint density at radius 3 is 2.36 bits per heavy atom. The Hall–Kier alpha value is -1.80. The largest absolute Gasteiger partial charge is 0.501 e. The number of hydrogen-bond donors (Lipinski definition) is 0. The van der Waals surface area contributed by atoms with E-state index >= 15 is 0 Å². The molecule has 3 rings (SSSR count). The fourth-order valence-electron chi connectivity index (χ4n) is 2.83. The first-order valence-electron chi connectivity index (χ1n) is 7.19. The van der Waals surface area contributed by atoms with Crippen molar-refractivity contribution in [2.45, 2.75) is 29.7 Å². The molecule has 0 radical (unpaired) electrons. The van der Waals surface area contributed by atoms with Crippen LogP contribution in [0.15, 0.2) is 35.2 Å². The topological polar surface area (TPSA) is 43.4 Å². The normalized spacial score (nSPS) is 14.4. The molecule has 0 aromatic heterocycles. The van der Waals surface area contributed by atoms with Crippen LogP contribution < -0.4 is 4.74 Å². The summed E-state index contributed by atoms with van der Waals surface area (Å²) in [5.74, 6) is -0.365. The van der Waals surface area contributed by atoms with E-state index in [2.05, 4.69) is 0 Å². The molecule has 25 heavy (non-hydrogen) atoms. The van der Waals surface area contributed by atoms with E-state index in [1.807, 2.05) is 0 Å². The highest BCUT2D eigenvalue weighted by molar-refractivity contribution is 7.92. The molecular weight excluding hydrogens is 384 g/mol. The van der Waals surface area contributed by atoms with Gasteiger partial charge < -0.3 is 4.74 Å². The number of hydrogen-bond acceptors (Lipinski definition) is 3. The number of ether oxygens (including phenoxy) is 1. The van der Waals surface area contributed by atoms with Gasteiger partial charge in [-0.05, 0) is 54.7 Å². The van der Waals surface area contributed by atoms with Gasteiger partial charge in [0.2, 0.25) is 0 Å². The van der Waals surface area contributed by atoms with Crippen molar-refractivity contribution in [3.63, 3.8) is 0 Å². The number of alkyl halides is 3. The van der Waals surface area contributed by atoms with Crippen LogP contribution >= 0.6 is 11.6 Å². The molecule has 2 aromatic rings. The van der Waals surface area contributed by atoms with Gasteiger partial charge in [0, 0.05) is 11.1 Å². The van der Waals surface area contributed by atoms with Crippen LogP contribution in [0, 0.1) is 5.82 Å². The van der Waals surface area contributed by atoms with E-state index in [9.17, 15) is 26.0 Å². The third-order valence-electron chi connectivity index (χ3n) is 3.86. The Labute approximate surface area is 146 Å². The van der Waals surface area contributed by atoms with Crippen LogP contribution in [0.5, 0.6) is 11.5 Å². The van der Waals surface area contributed by atoms with E-state index in [1.165, 1.54) is 6.07 Å². The highest BCUT2D eigenvalue weighted by Gasteiger charge is 2.48. The molecule has 0 aliphatic heterocycles. The smallest absolute Gasteiger partial charge is 0.457 e. The molecule has 0 amide bonds. The van der Waals surface area contributed by atoms with Crippen LogP contribution in [0.2, 0.25) is 5.02 Å². The van der Waals surface area contributed by atoms with Crippen molar-refractivity contribution in [2.24, 2.45) is 0 Å². The van der Waals surface area contributed by atoms with E-state index in [4.69, 9.17) is 16.3 Å². The number of sulfone groups is 1. The molecule has 0 N–H and O–H groups in total. The molecule has 0 bridgehead atoms. The maximum absolute atomic E-state index is 13.4. The Morgan fingerprint density at radius 1 is 1.04 bits per heavy atom. The zero-order valence-electron chi connectivity index (χ0n) is 12.5. The minimum atomic E-state index is -5.44. The first kappa shape index (κ1) is 18.0. The predicted molar refractivity (Wildman–Crippen MR) is 83.2 cm³/mol. The summed E-state index contributed by atoms with van der Waals surface area (Å²) in [6, 6.07) is 5.54. The Balaban J connectivity index is 2.06. The molecule has 1 aliphatic carbocycles. The lowest BCUT2D eigenvalue weighted by atomic mass is 10.1. The minimum absolute atomic E-state index is 0.0746. The Morgan fingerprint density at radius 2 is 1.72 bits per heavy atom. The molecule has 0 saturated carbocycles. The fraction of sp³-hybridized carbons (Fsp3) is 0.250. The second kappa shape index (κ2) is 6.17. The summed E-state index contributed by atoms with van der Waals surface area (Å²) < 4.78 is 80.9. The van der Waals surface area contributed by atoms with Crippen LogP contribution in [0.3, 0.4) is 0 Å². The number of halogens is 5. The number of benzene rings is 2. The third-order valence-corrected chi connectivity index (χ3v) is 5.65. The molecule has 0 saturated heterocycles. The predicted octanol–water partition coefficient (Wildman–Crippen LogP) is 5.05. The van der Waals surface area contributed by atoms with Crippen molar-refractivity contribution < 1.29 is 30.7 Å². The van der Waals surface area contributed by atoms with Crippen LogP contribution in [0.25, 0.3) is 0 Å². The molecule has 0 fully saturated rings. The van der Waals surface area contributed by atoms with Crippen LogP contribution in [0.1, 0.15) is 17.5 Å². The average Bonchev–Trinajstić information content (AvgIpc) is 2.94. The molecule has 0 spiro atoms. The monoisotopic (exact) mass is 394 g/mol. The maximum Gasteiger partial charge on any atom is 0.501 e. The van der Waals surface area contributed by atoms with Crippen LogP contribution in [-0.2, 0) is 22.7 Å². The summed E-state index contributed by atoms with van der Waals surface area (Å²) in [4.78, 5) is -0.753. The summed E-state index contributed by atoms with van der Waals surface area (Å²) in [6.45, 7) is 0. The van der Waals surface area contributed by atoms with Crippen molar-refractivity contribution in [3.8, 4) is 11.5 Å². The Kier molecular flexibility index (Phi) is 4.45. The van der Waals surface area contributed by atoms with Gasteiger partial charge in [0.05, 0.1) is 4.90 Å². The van der Waals surface area contributed by atoms with Crippen LogP contribution in [0.4, 0.5) is 17.6 Å². The minimum Gasteiger partial charge on any atom is -0.457 e. The van der Waals surface area contributed by atoms with Crippen molar-refractivity contribution in [1.82, 2.24) is 0 Å². The van der Waals surface area contributed by atoms with Gasteiger partial charge in [-0.3, -0.25) is 0 Å². The highest BCUT2D eigenvalue weighted by Crippen LogP contribution is 2.41. The van der Waals surface area contributed by atoms with Gasteiger partial charge in [-0.15, -0.1) is 0 Å². The lowest BCUT2D eigenvalue weighted by Gasteiger charge is -2.15. The van der Waals surface area contributed by atoms with Gasteiger partial charge in [-0.25, -0.2) is 12.8 Å². The van der Waals surface area contributed by atoms with Crippen LogP contribution in [-0.4, -0.2) is 13.9 Å². The second-order valence-electron chi connectivity index (χ2n) is 5.53. The molecular formula is C16H11ClF4O3S. The summed E-state index contributed by atoms with van der Waals surface area (Å²) in [5, 5.41) is 0.0999. The van der Waals surface area contributed by atoms with Crippen molar-refractivity contribution in [2.75, 3.05) is 0 Å². The zero-order valence-corrected chi connectivity index (χ0v) is 14.1. The molecule has 0 heterocycles. The summed E-state index contributed by atoms with van der Waals surface area (Å²) in [7, 11) is -5.44. The zero-order chi connectivity index (χ0) is 18.4. The standard InChI is InChI=1S/C16H11ClF4O3S/c17-9-6-10(18)8-11(7-9)24-14-4-5-15(13-3-1-2-12(13)14)25(22,23)16(19,20)21/h4-8H,1-3H2. The van der Waals surface area contributed by atoms with Gasteiger partial charge >= 0.3 is 5.51 Å². The number of rotatable bonds is 3. The van der Waals surface area contributed by atoms with Gasteiger partial charge in [0.25, 0.3) is 9.84 Å². The van der Waals surface area contributed by atoms with E-state index in [0.29, 0.717) is 18.4 Å². The SMILES string of the molecule is O=S(=O)(c1ccc(Oc2cc(F)cc(Cl)c2)c2c1CCC2)C(F)(F)F. The molecule has 0 atom stereocenters. The van der Waals surface area contributed by atoms with Crippen molar-refractivity contribution in [1.29, 1.82) is 0 Å². The Bertz CT molecular complexity index is 919. The average molecular weight is 395 g/mol. The lowest BCUT2D eigenvalue weighted by Crippen LogP contribution is -2.24. The maximum atomic E-state index is 13.4. The van der Waals surface area contributed by atoms with Crippen molar-refractivity contribution >= 4 is 21.4 Å². The number of fused-ring (bicyclic) bond motifs is 1. The van der Waals surface area contributed by atoms with Gasteiger partial charge in [-0.2, -0.15) is 13.2 Å². The summed E-state index contributed by atoms with van der Waals surface area (Å²) >= 11 is 5.74. The van der Waals surface area contributed by atoms with E-state index in [0.717, 1.165) is 24.3 Å². The van der Waals surface area contributed by atoms with E-state index in [1.54, 1.807) is 0 Å². The lowest BCUT2D eigenvalue weighted by molar-refractivity contribution is -0.0436. The third kappa shape index (κ3) is 3.32. The first-order valence-corrected chi connectivity index (χ1v) is 9.06. The fourth-order valence-corrected chi connectivity index (χ4v) is 4.08. The molecule has 9 heteroatoms. The molecule has 3 nitrogen and oxygen atoms in total. The quantitative estimate of drug-likeness (QED) is 0.684. The van der Waals surface area contributed by atoms with E-state index in [-0.39, 0.29) is 28.5 Å². The highest BCUT2D eigenvalue weighted by atomic mass is 35.5. The molecule has 0 unspecified atom stereocenters. The molecule has 134 valence electrons. The van der Waals surface area contributed by atoms with Crippen molar-refractivity contribution in [3.05, 3.63) is 52.3 Å². The molecule has 2 aromatic carbocycles. The second-order valence-corrected chi connectivity index (χ2v) is 7.87. The summed E-state index contributed by atoms with van der Waals surface area (Å²) in [5.41, 5.74) is -4.90.